The molecule has 0 unspecified atom stereocenters. The smallest absolute Gasteiger partial charge is 0.267 e. The van der Waals surface area contributed by atoms with Gasteiger partial charge in [0.2, 0.25) is 5.58 Å². The Labute approximate surface area is 180 Å². The van der Waals surface area contributed by atoms with Crippen LogP contribution in [0.15, 0.2) is 83.3 Å². The van der Waals surface area contributed by atoms with Gasteiger partial charge in [-0.05, 0) is 38.1 Å². The molecule has 2 aromatic heterocycles. The van der Waals surface area contributed by atoms with E-state index < -0.39 is 0 Å². The summed E-state index contributed by atoms with van der Waals surface area (Å²) in [6, 6.07) is 25.8. The number of hydrogen-bond acceptors (Lipinski definition) is 5. The SMILES string of the molecule is CCN(CC)c1cccc(Oc2nc(-c3ccccc3)nc3c2oc2ccccc23)c1. The molecule has 0 radical (unpaired) electrons. The van der Waals surface area contributed by atoms with Crippen molar-refractivity contribution in [2.24, 2.45) is 0 Å². The van der Waals surface area contributed by atoms with Crippen LogP contribution in [0.1, 0.15) is 13.8 Å². The highest BCUT2D eigenvalue weighted by Gasteiger charge is 2.18. The Morgan fingerprint density at radius 3 is 2.42 bits per heavy atom. The lowest BCUT2D eigenvalue weighted by atomic mass is 10.2. The van der Waals surface area contributed by atoms with Gasteiger partial charge in [-0.1, -0.05) is 48.5 Å². The minimum absolute atomic E-state index is 0.414. The van der Waals surface area contributed by atoms with Crippen LogP contribution in [0.3, 0.4) is 0 Å². The molecule has 0 aliphatic carbocycles. The molecule has 0 spiro atoms. The van der Waals surface area contributed by atoms with Gasteiger partial charge in [0, 0.05) is 35.8 Å². The van der Waals surface area contributed by atoms with Crippen molar-refractivity contribution in [2.45, 2.75) is 13.8 Å². The van der Waals surface area contributed by atoms with Crippen LogP contribution in [0, 0.1) is 0 Å². The number of para-hydroxylation sites is 1. The van der Waals surface area contributed by atoms with Gasteiger partial charge < -0.3 is 14.1 Å². The summed E-state index contributed by atoms with van der Waals surface area (Å²) in [6.07, 6.45) is 0. The zero-order chi connectivity index (χ0) is 21.2. The van der Waals surface area contributed by atoms with Crippen LogP contribution in [0.5, 0.6) is 11.6 Å². The summed E-state index contributed by atoms with van der Waals surface area (Å²) in [4.78, 5) is 11.8. The van der Waals surface area contributed by atoms with Crippen LogP contribution in [-0.4, -0.2) is 23.1 Å². The van der Waals surface area contributed by atoms with Gasteiger partial charge in [-0.25, -0.2) is 4.98 Å². The first-order chi connectivity index (χ1) is 15.3. The molecule has 2 heterocycles. The van der Waals surface area contributed by atoms with Crippen molar-refractivity contribution in [1.82, 2.24) is 9.97 Å². The summed E-state index contributed by atoms with van der Waals surface area (Å²) in [5, 5.41) is 0.943. The van der Waals surface area contributed by atoms with Gasteiger partial charge in [-0.15, -0.1) is 0 Å². The van der Waals surface area contributed by atoms with E-state index in [1.807, 2.05) is 72.8 Å². The molecule has 0 N–H and O–H groups in total. The molecule has 5 heteroatoms. The molecule has 5 nitrogen and oxygen atoms in total. The predicted molar refractivity (Wildman–Crippen MR) is 125 cm³/mol. The van der Waals surface area contributed by atoms with Gasteiger partial charge in [-0.3, -0.25) is 0 Å². The minimum Gasteiger partial charge on any atom is -0.449 e. The van der Waals surface area contributed by atoms with Gasteiger partial charge in [-0.2, -0.15) is 4.98 Å². The Bertz CT molecular complexity index is 1340. The zero-order valence-corrected chi connectivity index (χ0v) is 17.6. The fourth-order valence-electron chi connectivity index (χ4n) is 3.80. The van der Waals surface area contributed by atoms with Crippen LogP contribution in [0.2, 0.25) is 0 Å². The number of hydrogen-bond donors (Lipinski definition) is 0. The molecule has 0 atom stereocenters. The van der Waals surface area contributed by atoms with E-state index in [1.165, 1.54) is 0 Å². The third-order valence-corrected chi connectivity index (χ3v) is 5.38. The highest BCUT2D eigenvalue weighted by Crippen LogP contribution is 2.36. The number of fused-ring (bicyclic) bond motifs is 3. The number of ether oxygens (including phenoxy) is 1. The molecular formula is C26H23N3O2. The van der Waals surface area contributed by atoms with E-state index >= 15 is 0 Å². The van der Waals surface area contributed by atoms with E-state index in [0.717, 1.165) is 40.8 Å². The maximum atomic E-state index is 6.29. The number of nitrogens with zero attached hydrogens (tertiary/aromatic N) is 3. The molecule has 0 aliphatic rings. The summed E-state index contributed by atoms with van der Waals surface area (Å²) >= 11 is 0. The van der Waals surface area contributed by atoms with E-state index in [-0.39, 0.29) is 0 Å². The second-order valence-electron chi connectivity index (χ2n) is 7.27. The summed E-state index contributed by atoms with van der Waals surface area (Å²) in [6.45, 7) is 6.15. The Balaban J connectivity index is 1.66. The van der Waals surface area contributed by atoms with Crippen molar-refractivity contribution in [3.8, 4) is 23.0 Å². The molecule has 0 bridgehead atoms. The number of benzene rings is 3. The summed E-state index contributed by atoms with van der Waals surface area (Å²) in [7, 11) is 0. The van der Waals surface area contributed by atoms with Crippen molar-refractivity contribution in [3.05, 3.63) is 78.9 Å². The minimum atomic E-state index is 0.414. The van der Waals surface area contributed by atoms with Crippen molar-refractivity contribution in [1.29, 1.82) is 0 Å². The fraction of sp³-hybridized carbons (Fsp3) is 0.154. The van der Waals surface area contributed by atoms with Gasteiger partial charge in [0.25, 0.3) is 5.88 Å². The second kappa shape index (κ2) is 8.11. The maximum absolute atomic E-state index is 6.29. The summed E-state index contributed by atoms with van der Waals surface area (Å²) < 4.78 is 12.4. The number of rotatable bonds is 6. The molecule has 0 saturated carbocycles. The van der Waals surface area contributed by atoms with Gasteiger partial charge in [0.1, 0.15) is 16.8 Å². The van der Waals surface area contributed by atoms with Gasteiger partial charge >= 0.3 is 0 Å². The van der Waals surface area contributed by atoms with E-state index in [0.29, 0.717) is 23.0 Å². The first-order valence-corrected chi connectivity index (χ1v) is 10.5. The van der Waals surface area contributed by atoms with E-state index in [2.05, 4.69) is 24.8 Å². The number of anilines is 1. The highest BCUT2D eigenvalue weighted by atomic mass is 16.5. The summed E-state index contributed by atoms with van der Waals surface area (Å²) in [5.41, 5.74) is 4.10. The third kappa shape index (κ3) is 3.59. The highest BCUT2D eigenvalue weighted by molar-refractivity contribution is 6.04. The van der Waals surface area contributed by atoms with Gasteiger partial charge in [0.15, 0.2) is 5.82 Å². The Hall–Kier alpha value is -3.86. The topological polar surface area (TPSA) is 51.4 Å². The number of furan rings is 1. The van der Waals surface area contributed by atoms with E-state index in [1.54, 1.807) is 0 Å². The van der Waals surface area contributed by atoms with Crippen LogP contribution >= 0.6 is 0 Å². The Morgan fingerprint density at radius 2 is 1.61 bits per heavy atom. The average Bonchev–Trinajstić information content (AvgIpc) is 3.20. The first-order valence-electron chi connectivity index (χ1n) is 10.5. The molecule has 5 aromatic rings. The van der Waals surface area contributed by atoms with Crippen LogP contribution < -0.4 is 9.64 Å². The normalized spacial score (nSPS) is 11.2. The van der Waals surface area contributed by atoms with Crippen LogP contribution in [-0.2, 0) is 0 Å². The monoisotopic (exact) mass is 409 g/mol. The molecule has 0 aliphatic heterocycles. The quantitative estimate of drug-likeness (QED) is 0.313. The molecular weight excluding hydrogens is 386 g/mol. The van der Waals surface area contributed by atoms with Crippen molar-refractivity contribution in [2.75, 3.05) is 18.0 Å². The lowest BCUT2D eigenvalue weighted by Crippen LogP contribution is -2.21. The molecule has 5 rings (SSSR count). The molecule has 31 heavy (non-hydrogen) atoms. The average molecular weight is 409 g/mol. The van der Waals surface area contributed by atoms with Crippen LogP contribution in [0.25, 0.3) is 33.5 Å². The van der Waals surface area contributed by atoms with E-state index in [4.69, 9.17) is 19.1 Å². The van der Waals surface area contributed by atoms with Crippen molar-refractivity contribution in [3.63, 3.8) is 0 Å². The molecule has 0 fully saturated rings. The Kier molecular flexibility index (Phi) is 5.00. The summed E-state index contributed by atoms with van der Waals surface area (Å²) in [5.74, 6) is 1.73. The fourth-order valence-corrected chi connectivity index (χ4v) is 3.80. The number of aromatic nitrogens is 2. The first kappa shape index (κ1) is 19.1. The van der Waals surface area contributed by atoms with Crippen molar-refractivity contribution >= 4 is 27.8 Å². The molecule has 0 amide bonds. The van der Waals surface area contributed by atoms with E-state index in [9.17, 15) is 0 Å². The third-order valence-electron chi connectivity index (χ3n) is 5.38. The molecule has 0 saturated heterocycles. The molecule has 154 valence electrons. The Morgan fingerprint density at radius 1 is 0.839 bits per heavy atom. The zero-order valence-electron chi connectivity index (χ0n) is 17.6. The largest absolute Gasteiger partial charge is 0.449 e. The predicted octanol–water partition coefficient (Wildman–Crippen LogP) is 6.68. The molecule has 3 aromatic carbocycles. The lowest BCUT2D eigenvalue weighted by Gasteiger charge is -2.21. The van der Waals surface area contributed by atoms with Crippen molar-refractivity contribution < 1.29 is 9.15 Å². The lowest BCUT2D eigenvalue weighted by molar-refractivity contribution is 0.457. The standard InChI is InChI=1S/C26H23N3O2/c1-3-29(4-2)19-13-10-14-20(17-19)30-26-24-23(21-15-8-9-16-22(21)31-24)27-25(28-26)18-11-6-5-7-12-18/h5-17H,3-4H2,1-2H3. The second-order valence-corrected chi connectivity index (χ2v) is 7.27. The van der Waals surface area contributed by atoms with Gasteiger partial charge in [0.05, 0.1) is 0 Å². The van der Waals surface area contributed by atoms with Crippen LogP contribution in [0.4, 0.5) is 5.69 Å². The maximum Gasteiger partial charge on any atom is 0.267 e.